The Morgan fingerprint density at radius 3 is 2.22 bits per heavy atom. The molecule has 0 unspecified atom stereocenters. The van der Waals surface area contributed by atoms with Crippen LogP contribution in [0.5, 0.6) is 0 Å². The molecule has 0 aromatic heterocycles. The van der Waals surface area contributed by atoms with Gasteiger partial charge in [-0.3, -0.25) is 9.79 Å². The van der Waals surface area contributed by atoms with Gasteiger partial charge in [-0.2, -0.15) is 0 Å². The fourth-order valence-corrected chi connectivity index (χ4v) is 2.43. The minimum atomic E-state index is -0.0274. The van der Waals surface area contributed by atoms with E-state index in [2.05, 4.69) is 33.1 Å². The van der Waals surface area contributed by atoms with Crippen LogP contribution in [0.1, 0.15) is 11.1 Å². The first kappa shape index (κ1) is 22.9. The molecular weight excluding hydrogens is 453 g/mol. The second-order valence-corrected chi connectivity index (χ2v) is 6.25. The lowest BCUT2D eigenvalue weighted by Gasteiger charge is -2.13. The zero-order valence-electron chi connectivity index (χ0n) is 16.0. The number of likely N-dealkylation sites (N-methyl/N-ethyl adjacent to an activating group) is 1. The van der Waals surface area contributed by atoms with E-state index in [0.29, 0.717) is 19.6 Å². The van der Waals surface area contributed by atoms with Crippen LogP contribution in [0.25, 0.3) is 0 Å². The van der Waals surface area contributed by atoms with Crippen molar-refractivity contribution in [1.82, 2.24) is 15.5 Å². The topological polar surface area (TPSA) is 68.8 Å². The molecule has 2 rings (SSSR count). The van der Waals surface area contributed by atoms with Crippen LogP contribution in [-0.2, 0) is 17.9 Å². The van der Waals surface area contributed by atoms with Gasteiger partial charge in [0, 0.05) is 25.8 Å². The summed E-state index contributed by atoms with van der Waals surface area (Å²) in [6.07, 6.45) is 0. The van der Waals surface area contributed by atoms with Gasteiger partial charge in [0.15, 0.2) is 5.96 Å². The van der Waals surface area contributed by atoms with Gasteiger partial charge in [0.1, 0.15) is 0 Å². The number of amides is 1. The molecule has 7 heteroatoms. The predicted molar refractivity (Wildman–Crippen MR) is 123 cm³/mol. The zero-order valence-corrected chi connectivity index (χ0v) is 18.4. The van der Waals surface area contributed by atoms with E-state index in [4.69, 9.17) is 0 Å². The summed E-state index contributed by atoms with van der Waals surface area (Å²) in [6, 6.07) is 18.0. The molecule has 2 aromatic rings. The molecule has 0 aliphatic heterocycles. The van der Waals surface area contributed by atoms with Crippen molar-refractivity contribution in [1.29, 1.82) is 0 Å². The summed E-state index contributed by atoms with van der Waals surface area (Å²) in [5, 5.41) is 9.48. The van der Waals surface area contributed by atoms with E-state index in [1.165, 1.54) is 5.56 Å². The lowest BCUT2D eigenvalue weighted by Crippen LogP contribution is -2.36. The largest absolute Gasteiger partial charge is 0.352 e. The molecule has 0 fully saturated rings. The van der Waals surface area contributed by atoms with Gasteiger partial charge in [0.2, 0.25) is 5.91 Å². The fraction of sp³-hybridized carbons (Fsp3) is 0.300. The lowest BCUT2D eigenvalue weighted by molar-refractivity contribution is -0.116. The molecular formula is C20H28IN5O. The van der Waals surface area contributed by atoms with Crippen molar-refractivity contribution >= 4 is 41.5 Å². The second-order valence-electron chi connectivity index (χ2n) is 6.25. The highest BCUT2D eigenvalue weighted by Gasteiger charge is 2.05. The Labute approximate surface area is 178 Å². The molecule has 1 amide bonds. The minimum Gasteiger partial charge on any atom is -0.352 e. The number of carbonyl (C=O) groups excluding carboxylic acids is 1. The Kier molecular flexibility index (Phi) is 10.4. The van der Waals surface area contributed by atoms with Gasteiger partial charge in [-0.05, 0) is 37.4 Å². The minimum absolute atomic E-state index is 0. The van der Waals surface area contributed by atoms with Gasteiger partial charge >= 0.3 is 0 Å². The first-order chi connectivity index (χ1) is 12.6. The number of nitrogens with zero attached hydrogens (tertiary/aromatic N) is 2. The number of carbonyl (C=O) groups is 1. The quantitative estimate of drug-likeness (QED) is 0.323. The van der Waals surface area contributed by atoms with Gasteiger partial charge in [0.25, 0.3) is 0 Å². The summed E-state index contributed by atoms with van der Waals surface area (Å²) in [5.41, 5.74) is 3.06. The van der Waals surface area contributed by atoms with E-state index < -0.39 is 0 Å². The molecule has 0 saturated carbocycles. The standard InChI is InChI=1S/C20H27N5O.HI/c1-21-20(22-13-16-8-5-4-6-9-16)23-14-17-10-7-11-18(12-17)24-19(26)15-25(2)3;/h4-12H,13-15H2,1-3H3,(H,24,26)(H2,21,22,23);1H. The molecule has 27 heavy (non-hydrogen) atoms. The SMILES string of the molecule is CN=C(NCc1ccccc1)NCc1cccc(NC(=O)CN(C)C)c1.I. The second kappa shape index (κ2) is 12.3. The highest BCUT2D eigenvalue weighted by Crippen LogP contribution is 2.10. The number of guanidine groups is 1. The highest BCUT2D eigenvalue weighted by molar-refractivity contribution is 14.0. The van der Waals surface area contributed by atoms with Crippen molar-refractivity contribution in [3.63, 3.8) is 0 Å². The van der Waals surface area contributed by atoms with E-state index >= 15 is 0 Å². The van der Waals surface area contributed by atoms with Gasteiger partial charge in [-0.1, -0.05) is 42.5 Å². The lowest BCUT2D eigenvalue weighted by atomic mass is 10.2. The van der Waals surface area contributed by atoms with Crippen LogP contribution in [0, 0.1) is 0 Å². The van der Waals surface area contributed by atoms with Crippen molar-refractivity contribution in [2.75, 3.05) is 33.0 Å². The Hall–Kier alpha value is -2.13. The third-order valence-corrected chi connectivity index (χ3v) is 3.66. The molecule has 0 aliphatic rings. The first-order valence-electron chi connectivity index (χ1n) is 8.59. The number of hydrogen-bond acceptors (Lipinski definition) is 3. The van der Waals surface area contributed by atoms with Crippen LogP contribution in [-0.4, -0.2) is 44.5 Å². The van der Waals surface area contributed by atoms with Gasteiger partial charge in [-0.25, -0.2) is 0 Å². The van der Waals surface area contributed by atoms with E-state index in [1.807, 2.05) is 61.5 Å². The summed E-state index contributed by atoms with van der Waals surface area (Å²) >= 11 is 0. The number of rotatable bonds is 7. The van der Waals surface area contributed by atoms with Crippen molar-refractivity contribution in [3.05, 3.63) is 65.7 Å². The fourth-order valence-electron chi connectivity index (χ4n) is 2.43. The number of aliphatic imine (C=N–C) groups is 1. The van der Waals surface area contributed by atoms with E-state index in [1.54, 1.807) is 7.05 Å². The third kappa shape index (κ3) is 8.87. The molecule has 0 aliphatic carbocycles. The van der Waals surface area contributed by atoms with E-state index in [0.717, 1.165) is 17.2 Å². The maximum atomic E-state index is 11.9. The summed E-state index contributed by atoms with van der Waals surface area (Å²) in [7, 11) is 5.49. The number of hydrogen-bond donors (Lipinski definition) is 3. The predicted octanol–water partition coefficient (Wildman–Crippen LogP) is 2.67. The Bertz CT molecular complexity index is 734. The molecule has 0 atom stereocenters. The first-order valence-corrected chi connectivity index (χ1v) is 8.59. The number of nitrogens with one attached hydrogen (secondary N) is 3. The Morgan fingerprint density at radius 2 is 1.59 bits per heavy atom. The molecule has 0 bridgehead atoms. The molecule has 2 aromatic carbocycles. The maximum absolute atomic E-state index is 11.9. The van der Waals surface area contributed by atoms with Crippen molar-refractivity contribution in [2.24, 2.45) is 4.99 Å². The summed E-state index contributed by atoms with van der Waals surface area (Å²) in [5.74, 6) is 0.705. The van der Waals surface area contributed by atoms with Crippen LogP contribution in [0.2, 0.25) is 0 Å². The number of halogens is 1. The summed E-state index contributed by atoms with van der Waals surface area (Å²) in [6.45, 7) is 1.69. The molecule has 146 valence electrons. The number of anilines is 1. The van der Waals surface area contributed by atoms with Crippen molar-refractivity contribution in [3.8, 4) is 0 Å². The summed E-state index contributed by atoms with van der Waals surface area (Å²) < 4.78 is 0. The van der Waals surface area contributed by atoms with Gasteiger partial charge in [0.05, 0.1) is 6.54 Å². The smallest absolute Gasteiger partial charge is 0.238 e. The normalized spacial score (nSPS) is 10.9. The average molecular weight is 481 g/mol. The van der Waals surface area contributed by atoms with Crippen LogP contribution >= 0.6 is 24.0 Å². The average Bonchev–Trinajstić information content (AvgIpc) is 2.62. The molecule has 0 radical (unpaired) electrons. The molecule has 3 N–H and O–H groups in total. The maximum Gasteiger partial charge on any atom is 0.238 e. The van der Waals surface area contributed by atoms with Gasteiger partial charge < -0.3 is 20.9 Å². The monoisotopic (exact) mass is 481 g/mol. The van der Waals surface area contributed by atoms with Crippen LogP contribution in [0.3, 0.4) is 0 Å². The van der Waals surface area contributed by atoms with Crippen LogP contribution in [0.15, 0.2) is 59.6 Å². The van der Waals surface area contributed by atoms with Crippen molar-refractivity contribution in [2.45, 2.75) is 13.1 Å². The van der Waals surface area contributed by atoms with E-state index in [-0.39, 0.29) is 29.9 Å². The van der Waals surface area contributed by atoms with Gasteiger partial charge in [-0.15, -0.1) is 24.0 Å². The zero-order chi connectivity index (χ0) is 18.8. The van der Waals surface area contributed by atoms with Crippen molar-refractivity contribution < 1.29 is 4.79 Å². The molecule has 0 heterocycles. The highest BCUT2D eigenvalue weighted by atomic mass is 127. The molecule has 6 nitrogen and oxygen atoms in total. The third-order valence-electron chi connectivity index (χ3n) is 3.66. The van der Waals surface area contributed by atoms with Crippen LogP contribution in [0.4, 0.5) is 5.69 Å². The van der Waals surface area contributed by atoms with Crippen LogP contribution < -0.4 is 16.0 Å². The summed E-state index contributed by atoms with van der Waals surface area (Å²) in [4.78, 5) is 17.9. The number of benzene rings is 2. The Morgan fingerprint density at radius 1 is 0.963 bits per heavy atom. The molecule has 0 saturated heterocycles. The Balaban J connectivity index is 0.00000364. The molecule has 0 spiro atoms. The van der Waals surface area contributed by atoms with E-state index in [9.17, 15) is 4.79 Å².